The maximum Gasteiger partial charge on any atom is 0.253 e. The fourth-order valence-electron chi connectivity index (χ4n) is 4.48. The van der Waals surface area contributed by atoms with Crippen molar-refractivity contribution in [1.82, 2.24) is 20.5 Å². The largest absolute Gasteiger partial charge is 0.382 e. The Hall–Kier alpha value is -2.48. The van der Waals surface area contributed by atoms with Gasteiger partial charge in [-0.25, -0.2) is 4.98 Å². The van der Waals surface area contributed by atoms with E-state index < -0.39 is 0 Å². The Bertz CT molecular complexity index is 885. The summed E-state index contributed by atoms with van der Waals surface area (Å²) in [5.41, 5.74) is 3.99. The molecule has 7 heteroatoms. The highest BCUT2D eigenvalue weighted by atomic mass is 16.5. The second-order valence-electron chi connectivity index (χ2n) is 8.31. The summed E-state index contributed by atoms with van der Waals surface area (Å²) >= 11 is 0. The van der Waals surface area contributed by atoms with Crippen LogP contribution in [0.1, 0.15) is 27.0 Å². The molecule has 0 aliphatic carbocycles. The molecule has 7 nitrogen and oxygen atoms in total. The zero-order valence-corrected chi connectivity index (χ0v) is 18.1. The molecule has 1 aromatic heterocycles. The molecule has 1 aromatic carbocycles. The van der Waals surface area contributed by atoms with Crippen molar-refractivity contribution in [3.8, 4) is 0 Å². The lowest BCUT2D eigenvalue weighted by Gasteiger charge is -2.36. The van der Waals surface area contributed by atoms with Gasteiger partial charge in [-0.15, -0.1) is 0 Å². The predicted molar refractivity (Wildman–Crippen MR) is 118 cm³/mol. The van der Waals surface area contributed by atoms with Gasteiger partial charge in [0.15, 0.2) is 0 Å². The number of ether oxygens (including phenoxy) is 1. The molecule has 3 heterocycles. The highest BCUT2D eigenvalue weighted by Gasteiger charge is 2.35. The molecule has 0 radical (unpaired) electrons. The molecule has 1 amide bonds. The number of benzene rings is 1. The van der Waals surface area contributed by atoms with Gasteiger partial charge in [-0.2, -0.15) is 0 Å². The van der Waals surface area contributed by atoms with Crippen LogP contribution in [0.25, 0.3) is 0 Å². The van der Waals surface area contributed by atoms with Crippen LogP contribution in [0.5, 0.6) is 0 Å². The number of carbonyl (C=O) groups excluding carboxylic acids is 1. The van der Waals surface area contributed by atoms with Crippen LogP contribution < -0.4 is 15.5 Å². The standard InChI is InChI=1S/C23H31N5O2/c1-17-12-18(2)21(25-13-17)27-8-10-28(11-9-27)22(29)19-4-6-20(7-5-19)23(15-30-3)14-24-16-26-23/h4-7,12-13,24,26H,8-11,14-16H2,1-3H3. The number of nitrogens with zero attached hydrogens (tertiary/aromatic N) is 3. The molecule has 0 spiro atoms. The third-order valence-corrected chi connectivity index (χ3v) is 6.11. The van der Waals surface area contributed by atoms with Gasteiger partial charge in [-0.1, -0.05) is 18.2 Å². The lowest BCUT2D eigenvalue weighted by atomic mass is 9.91. The third kappa shape index (κ3) is 4.05. The number of piperazine rings is 1. The van der Waals surface area contributed by atoms with Crippen LogP contribution >= 0.6 is 0 Å². The fourth-order valence-corrected chi connectivity index (χ4v) is 4.48. The first-order valence-electron chi connectivity index (χ1n) is 10.6. The van der Waals surface area contributed by atoms with Gasteiger partial charge in [-0.05, 0) is 42.7 Å². The minimum absolute atomic E-state index is 0.0908. The Labute approximate surface area is 178 Å². The molecule has 2 aliphatic rings. The number of pyridine rings is 1. The molecule has 2 fully saturated rings. The molecule has 2 N–H and O–H groups in total. The normalized spacial score (nSPS) is 21.8. The second kappa shape index (κ2) is 8.71. The first kappa shape index (κ1) is 20.8. The van der Waals surface area contributed by atoms with Gasteiger partial charge < -0.3 is 19.9 Å². The van der Waals surface area contributed by atoms with Gasteiger partial charge in [0, 0.05) is 58.3 Å². The lowest BCUT2D eigenvalue weighted by molar-refractivity contribution is 0.0746. The van der Waals surface area contributed by atoms with Crippen molar-refractivity contribution in [2.45, 2.75) is 19.4 Å². The minimum atomic E-state index is -0.235. The smallest absolute Gasteiger partial charge is 0.253 e. The molecule has 30 heavy (non-hydrogen) atoms. The Morgan fingerprint density at radius 3 is 2.50 bits per heavy atom. The maximum atomic E-state index is 13.0. The zero-order valence-electron chi connectivity index (χ0n) is 18.1. The SMILES string of the molecule is COCC1(c2ccc(C(=O)N3CCN(c4ncc(C)cc4C)CC3)cc2)CNCN1. The Balaban J connectivity index is 1.40. The summed E-state index contributed by atoms with van der Waals surface area (Å²) < 4.78 is 5.43. The number of hydrogen-bond acceptors (Lipinski definition) is 6. The van der Waals surface area contributed by atoms with Crippen LogP contribution in [0.2, 0.25) is 0 Å². The number of methoxy groups -OCH3 is 1. The van der Waals surface area contributed by atoms with Crippen molar-refractivity contribution in [2.24, 2.45) is 0 Å². The number of aromatic nitrogens is 1. The first-order chi connectivity index (χ1) is 14.5. The number of hydrogen-bond donors (Lipinski definition) is 2. The summed E-state index contributed by atoms with van der Waals surface area (Å²) in [4.78, 5) is 21.8. The van der Waals surface area contributed by atoms with Gasteiger partial charge in [0.25, 0.3) is 5.91 Å². The van der Waals surface area contributed by atoms with E-state index in [0.717, 1.165) is 43.2 Å². The molecular weight excluding hydrogens is 378 g/mol. The molecule has 2 saturated heterocycles. The summed E-state index contributed by atoms with van der Waals surface area (Å²) in [6.45, 7) is 9.30. The summed E-state index contributed by atoms with van der Waals surface area (Å²) in [6, 6.07) is 10.1. The maximum absolute atomic E-state index is 13.0. The predicted octanol–water partition coefficient (Wildman–Crippen LogP) is 1.65. The van der Waals surface area contributed by atoms with Crippen LogP contribution in [-0.4, -0.2) is 68.9 Å². The van der Waals surface area contributed by atoms with Crippen LogP contribution in [0.15, 0.2) is 36.5 Å². The molecule has 2 aromatic rings. The lowest BCUT2D eigenvalue weighted by Crippen LogP contribution is -2.49. The van der Waals surface area contributed by atoms with Crippen molar-refractivity contribution in [3.63, 3.8) is 0 Å². The van der Waals surface area contributed by atoms with Crippen LogP contribution in [0.4, 0.5) is 5.82 Å². The van der Waals surface area contributed by atoms with E-state index in [1.807, 2.05) is 35.4 Å². The number of nitrogens with one attached hydrogen (secondary N) is 2. The van der Waals surface area contributed by atoms with E-state index in [-0.39, 0.29) is 11.4 Å². The number of anilines is 1. The summed E-state index contributed by atoms with van der Waals surface area (Å²) in [5.74, 6) is 1.12. The molecule has 1 atom stereocenters. The van der Waals surface area contributed by atoms with E-state index in [9.17, 15) is 4.79 Å². The number of aryl methyl sites for hydroxylation is 2. The zero-order chi connectivity index (χ0) is 21.1. The second-order valence-corrected chi connectivity index (χ2v) is 8.31. The van der Waals surface area contributed by atoms with Gasteiger partial charge in [-0.3, -0.25) is 10.1 Å². The number of rotatable bonds is 5. The van der Waals surface area contributed by atoms with Gasteiger partial charge >= 0.3 is 0 Å². The number of carbonyl (C=O) groups is 1. The Morgan fingerprint density at radius 1 is 1.17 bits per heavy atom. The molecule has 160 valence electrons. The number of amides is 1. The van der Waals surface area contributed by atoms with Crippen molar-refractivity contribution < 1.29 is 9.53 Å². The minimum Gasteiger partial charge on any atom is -0.382 e. The highest BCUT2D eigenvalue weighted by Crippen LogP contribution is 2.25. The van der Waals surface area contributed by atoms with Crippen LogP contribution in [0.3, 0.4) is 0 Å². The van der Waals surface area contributed by atoms with Crippen molar-refractivity contribution in [2.75, 3.05) is 58.0 Å². The summed E-state index contributed by atoms with van der Waals surface area (Å²) in [7, 11) is 1.72. The first-order valence-corrected chi connectivity index (χ1v) is 10.6. The molecule has 4 rings (SSSR count). The van der Waals surface area contributed by atoms with E-state index in [1.54, 1.807) is 7.11 Å². The fraction of sp³-hybridized carbons (Fsp3) is 0.478. The quantitative estimate of drug-likeness (QED) is 0.783. The third-order valence-electron chi connectivity index (χ3n) is 6.11. The van der Waals surface area contributed by atoms with Crippen LogP contribution in [-0.2, 0) is 10.3 Å². The van der Waals surface area contributed by atoms with Crippen molar-refractivity contribution in [1.29, 1.82) is 0 Å². The van der Waals surface area contributed by atoms with E-state index >= 15 is 0 Å². The molecule has 0 saturated carbocycles. The summed E-state index contributed by atoms with van der Waals surface area (Å²) in [5, 5.41) is 6.82. The summed E-state index contributed by atoms with van der Waals surface area (Å²) in [6.07, 6.45) is 1.91. The van der Waals surface area contributed by atoms with E-state index in [2.05, 4.69) is 40.4 Å². The van der Waals surface area contributed by atoms with E-state index in [0.29, 0.717) is 19.7 Å². The average molecular weight is 410 g/mol. The van der Waals surface area contributed by atoms with Crippen molar-refractivity contribution in [3.05, 3.63) is 58.8 Å². The van der Waals surface area contributed by atoms with Gasteiger partial charge in [0.05, 0.1) is 12.1 Å². The van der Waals surface area contributed by atoms with Gasteiger partial charge in [0.1, 0.15) is 5.82 Å². The monoisotopic (exact) mass is 409 g/mol. The molecule has 0 bridgehead atoms. The Morgan fingerprint density at radius 2 is 1.90 bits per heavy atom. The van der Waals surface area contributed by atoms with Crippen LogP contribution in [0, 0.1) is 13.8 Å². The highest BCUT2D eigenvalue weighted by molar-refractivity contribution is 5.94. The van der Waals surface area contributed by atoms with Gasteiger partial charge in [0.2, 0.25) is 0 Å². The molecular formula is C23H31N5O2. The topological polar surface area (TPSA) is 69.7 Å². The average Bonchev–Trinajstić information content (AvgIpc) is 3.24. The molecule has 1 unspecified atom stereocenters. The van der Waals surface area contributed by atoms with E-state index in [1.165, 1.54) is 11.1 Å². The molecule has 2 aliphatic heterocycles. The van der Waals surface area contributed by atoms with Crippen molar-refractivity contribution >= 4 is 11.7 Å². The Kier molecular flexibility index (Phi) is 6.04. The van der Waals surface area contributed by atoms with E-state index in [4.69, 9.17) is 4.74 Å².